The third kappa shape index (κ3) is 20.3. The second kappa shape index (κ2) is 25.7. The summed E-state index contributed by atoms with van der Waals surface area (Å²) in [5.74, 6) is 0. The molecule has 0 aliphatic heterocycles. The van der Waals surface area contributed by atoms with Crippen molar-refractivity contribution < 1.29 is 21.5 Å². The standard InChI is InChI=1S/C28H60N.BrH/c1-5-9-13-14-15-16-17-18-19-20-21-22-23-24-28-29(25-10-6-2,26-11-7-3)27-12-8-4;/h5-28H2,1-4H3;1H/q+1;/p-1. The molecular formula is C28H60BrN. The number of quaternary nitrogens is 1. The summed E-state index contributed by atoms with van der Waals surface area (Å²) in [5, 5.41) is 0. The molecule has 0 amide bonds. The Hall–Kier alpha value is 0.440. The zero-order chi connectivity index (χ0) is 21.5. The third-order valence-corrected chi connectivity index (χ3v) is 6.94. The quantitative estimate of drug-likeness (QED) is 0.104. The van der Waals surface area contributed by atoms with Crippen LogP contribution in [0.5, 0.6) is 0 Å². The molecule has 0 aliphatic rings. The van der Waals surface area contributed by atoms with Gasteiger partial charge in [0.15, 0.2) is 0 Å². The molecule has 0 fully saturated rings. The molecule has 0 spiro atoms. The van der Waals surface area contributed by atoms with Gasteiger partial charge in [-0.25, -0.2) is 0 Å². The van der Waals surface area contributed by atoms with Gasteiger partial charge in [-0.1, -0.05) is 124 Å². The minimum absolute atomic E-state index is 0. The van der Waals surface area contributed by atoms with Crippen molar-refractivity contribution in [2.45, 2.75) is 156 Å². The van der Waals surface area contributed by atoms with Gasteiger partial charge in [0.1, 0.15) is 0 Å². The van der Waals surface area contributed by atoms with Crippen molar-refractivity contribution in [2.75, 3.05) is 26.2 Å². The van der Waals surface area contributed by atoms with Crippen molar-refractivity contribution >= 4 is 0 Å². The molecule has 0 aliphatic carbocycles. The zero-order valence-electron chi connectivity index (χ0n) is 21.8. The number of rotatable bonds is 24. The highest BCUT2D eigenvalue weighted by Crippen LogP contribution is 2.18. The lowest BCUT2D eigenvalue weighted by molar-refractivity contribution is -0.929. The molecule has 0 heterocycles. The highest BCUT2D eigenvalue weighted by Gasteiger charge is 2.24. The van der Waals surface area contributed by atoms with E-state index in [0.717, 1.165) is 0 Å². The van der Waals surface area contributed by atoms with Gasteiger partial charge < -0.3 is 21.5 Å². The Balaban J connectivity index is 0. The third-order valence-electron chi connectivity index (χ3n) is 6.94. The molecule has 0 saturated heterocycles. The molecule has 0 bridgehead atoms. The smallest absolute Gasteiger partial charge is 0.0786 e. The van der Waals surface area contributed by atoms with Crippen LogP contribution in [0, 0.1) is 0 Å². The van der Waals surface area contributed by atoms with Crippen molar-refractivity contribution in [2.24, 2.45) is 0 Å². The molecule has 1 nitrogen and oxygen atoms in total. The molecule has 0 N–H and O–H groups in total. The van der Waals surface area contributed by atoms with Gasteiger partial charge in [0.2, 0.25) is 0 Å². The fourth-order valence-electron chi connectivity index (χ4n) is 4.79. The van der Waals surface area contributed by atoms with Crippen LogP contribution in [0.1, 0.15) is 156 Å². The first-order chi connectivity index (χ1) is 14.2. The Morgan fingerprint density at radius 1 is 0.300 bits per heavy atom. The van der Waals surface area contributed by atoms with Crippen molar-refractivity contribution in [1.29, 1.82) is 0 Å². The van der Waals surface area contributed by atoms with Crippen LogP contribution >= 0.6 is 0 Å². The van der Waals surface area contributed by atoms with Crippen molar-refractivity contribution in [3.05, 3.63) is 0 Å². The lowest BCUT2D eigenvalue weighted by Gasteiger charge is -2.39. The van der Waals surface area contributed by atoms with Crippen LogP contribution in [0.4, 0.5) is 0 Å². The van der Waals surface area contributed by atoms with E-state index < -0.39 is 0 Å². The van der Waals surface area contributed by atoms with Crippen LogP contribution in [-0.2, 0) is 0 Å². The summed E-state index contributed by atoms with van der Waals surface area (Å²) >= 11 is 0. The Labute approximate surface area is 203 Å². The van der Waals surface area contributed by atoms with Crippen LogP contribution in [-0.4, -0.2) is 30.7 Å². The summed E-state index contributed by atoms with van der Waals surface area (Å²) in [6, 6.07) is 0. The molecule has 0 unspecified atom stereocenters. The molecule has 0 aromatic heterocycles. The van der Waals surface area contributed by atoms with Gasteiger partial charge in [-0.15, -0.1) is 0 Å². The van der Waals surface area contributed by atoms with Gasteiger partial charge >= 0.3 is 0 Å². The van der Waals surface area contributed by atoms with Crippen LogP contribution < -0.4 is 17.0 Å². The summed E-state index contributed by atoms with van der Waals surface area (Å²) in [5.41, 5.74) is 0. The summed E-state index contributed by atoms with van der Waals surface area (Å²) in [7, 11) is 0. The molecule has 0 radical (unpaired) electrons. The van der Waals surface area contributed by atoms with E-state index >= 15 is 0 Å². The van der Waals surface area contributed by atoms with E-state index in [4.69, 9.17) is 0 Å². The molecule has 0 aromatic rings. The van der Waals surface area contributed by atoms with Crippen molar-refractivity contribution in [3.63, 3.8) is 0 Å². The van der Waals surface area contributed by atoms with Crippen molar-refractivity contribution in [1.82, 2.24) is 0 Å². The Morgan fingerprint density at radius 3 is 0.833 bits per heavy atom. The Bertz CT molecular complexity index is 283. The van der Waals surface area contributed by atoms with Crippen molar-refractivity contribution in [3.8, 4) is 0 Å². The normalized spacial score (nSPS) is 11.6. The first kappa shape index (κ1) is 32.6. The lowest BCUT2D eigenvalue weighted by Crippen LogP contribution is -3.00. The van der Waals surface area contributed by atoms with Gasteiger partial charge in [0.05, 0.1) is 26.2 Å². The number of halogens is 1. The average molecular weight is 491 g/mol. The predicted molar refractivity (Wildman–Crippen MR) is 135 cm³/mol. The van der Waals surface area contributed by atoms with E-state index in [9.17, 15) is 0 Å². The van der Waals surface area contributed by atoms with Crippen LogP contribution in [0.25, 0.3) is 0 Å². The highest BCUT2D eigenvalue weighted by molar-refractivity contribution is 4.52. The monoisotopic (exact) mass is 489 g/mol. The van der Waals surface area contributed by atoms with E-state index in [1.165, 1.54) is 159 Å². The largest absolute Gasteiger partial charge is 1.00 e. The first-order valence-corrected chi connectivity index (χ1v) is 14.1. The predicted octanol–water partition coefficient (Wildman–Crippen LogP) is 6.69. The summed E-state index contributed by atoms with van der Waals surface area (Å²) < 4.78 is 1.44. The molecule has 0 aromatic carbocycles. The molecular weight excluding hydrogens is 430 g/mol. The highest BCUT2D eigenvalue weighted by atomic mass is 79.9. The number of nitrogens with zero attached hydrogens (tertiary/aromatic N) is 1. The average Bonchev–Trinajstić information content (AvgIpc) is 2.74. The van der Waals surface area contributed by atoms with E-state index in [1.807, 2.05) is 0 Å². The number of hydrogen-bond acceptors (Lipinski definition) is 0. The minimum atomic E-state index is 0. The molecule has 0 saturated carbocycles. The van der Waals surface area contributed by atoms with E-state index in [2.05, 4.69) is 27.7 Å². The van der Waals surface area contributed by atoms with Gasteiger partial charge in [0.25, 0.3) is 0 Å². The maximum atomic E-state index is 2.36. The Morgan fingerprint density at radius 2 is 0.533 bits per heavy atom. The van der Waals surface area contributed by atoms with Gasteiger partial charge in [-0.3, -0.25) is 0 Å². The molecule has 2 heteroatoms. The van der Waals surface area contributed by atoms with Crippen LogP contribution in [0.3, 0.4) is 0 Å². The SMILES string of the molecule is CCCCCCCCCCCCCCCC[N+](CCCC)(CCCC)CCCC.[Br-]. The van der Waals surface area contributed by atoms with E-state index in [-0.39, 0.29) is 17.0 Å². The second-order valence-electron chi connectivity index (χ2n) is 9.89. The zero-order valence-corrected chi connectivity index (χ0v) is 23.4. The molecule has 0 atom stereocenters. The maximum Gasteiger partial charge on any atom is 0.0786 e. The molecule has 30 heavy (non-hydrogen) atoms. The fraction of sp³-hybridized carbons (Fsp3) is 1.00. The fourth-order valence-corrected chi connectivity index (χ4v) is 4.79. The van der Waals surface area contributed by atoms with Crippen LogP contribution in [0.2, 0.25) is 0 Å². The topological polar surface area (TPSA) is 0 Å². The number of hydrogen-bond donors (Lipinski definition) is 0. The van der Waals surface area contributed by atoms with Gasteiger partial charge in [0, 0.05) is 0 Å². The molecule has 0 rings (SSSR count). The summed E-state index contributed by atoms with van der Waals surface area (Å²) in [4.78, 5) is 0. The summed E-state index contributed by atoms with van der Waals surface area (Å²) in [6.07, 6.45) is 28.9. The maximum absolute atomic E-state index is 2.36. The second-order valence-corrected chi connectivity index (χ2v) is 9.89. The van der Waals surface area contributed by atoms with Gasteiger partial charge in [-0.05, 0) is 32.1 Å². The van der Waals surface area contributed by atoms with Crippen LogP contribution in [0.15, 0.2) is 0 Å². The number of unbranched alkanes of at least 4 members (excludes halogenated alkanes) is 16. The first-order valence-electron chi connectivity index (χ1n) is 14.1. The van der Waals surface area contributed by atoms with Gasteiger partial charge in [-0.2, -0.15) is 0 Å². The molecule has 184 valence electrons. The minimum Gasteiger partial charge on any atom is -1.00 e. The lowest BCUT2D eigenvalue weighted by atomic mass is 10.0. The summed E-state index contributed by atoms with van der Waals surface area (Å²) in [6.45, 7) is 15.2. The van der Waals surface area contributed by atoms with E-state index in [1.54, 1.807) is 0 Å². The Kier molecular flexibility index (Phi) is 27.9. The van der Waals surface area contributed by atoms with E-state index in [0.29, 0.717) is 0 Å².